The van der Waals surface area contributed by atoms with Gasteiger partial charge in [0.1, 0.15) is 0 Å². The molecule has 1 aromatic rings. The van der Waals surface area contributed by atoms with E-state index in [1.165, 1.54) is 6.08 Å². The predicted octanol–water partition coefficient (Wildman–Crippen LogP) is 0.234. The maximum atomic E-state index is 11.4. The maximum absolute atomic E-state index is 11.4. The van der Waals surface area contributed by atoms with Crippen LogP contribution in [0.15, 0.2) is 30.3 Å². The number of aliphatic hydroxyl groups is 1. The molecule has 0 heterocycles. The number of benzene rings is 1. The molecule has 0 spiro atoms. The highest BCUT2D eigenvalue weighted by molar-refractivity contribution is 5.91. The van der Waals surface area contributed by atoms with Gasteiger partial charge >= 0.3 is 5.97 Å². The standard InChI is InChI=1S/C13H16N2O4/c14-10-3-1-2-9(8-10)4-5-12(17)15-7-6-11(16)13(18)19/h1-5,8,11,16H,6-7,14H2,(H,15,17)(H,18,19)/b5-4+/t11-/m0/s1. The average Bonchev–Trinajstić information content (AvgIpc) is 2.36. The lowest BCUT2D eigenvalue weighted by Crippen LogP contribution is -2.28. The van der Waals surface area contributed by atoms with Crippen LogP contribution < -0.4 is 11.1 Å². The molecule has 5 N–H and O–H groups in total. The number of rotatable bonds is 6. The molecule has 6 nitrogen and oxygen atoms in total. The molecule has 0 fully saturated rings. The van der Waals surface area contributed by atoms with Crippen molar-refractivity contribution >= 4 is 23.6 Å². The summed E-state index contributed by atoms with van der Waals surface area (Å²) in [5.74, 6) is -1.66. The molecule has 0 saturated carbocycles. The smallest absolute Gasteiger partial charge is 0.332 e. The van der Waals surface area contributed by atoms with Gasteiger partial charge in [-0.25, -0.2) is 4.79 Å². The van der Waals surface area contributed by atoms with Crippen molar-refractivity contribution in [1.82, 2.24) is 5.32 Å². The van der Waals surface area contributed by atoms with Gasteiger partial charge in [0, 0.05) is 24.7 Å². The van der Waals surface area contributed by atoms with Gasteiger partial charge in [-0.3, -0.25) is 4.79 Å². The molecule has 1 rings (SSSR count). The summed E-state index contributed by atoms with van der Waals surface area (Å²) < 4.78 is 0. The zero-order valence-corrected chi connectivity index (χ0v) is 10.2. The van der Waals surface area contributed by atoms with Gasteiger partial charge < -0.3 is 21.3 Å². The van der Waals surface area contributed by atoms with Crippen LogP contribution in [0.25, 0.3) is 6.08 Å². The van der Waals surface area contributed by atoms with Crippen molar-refractivity contribution in [3.63, 3.8) is 0 Å². The molecule has 1 aromatic carbocycles. The quantitative estimate of drug-likeness (QED) is 0.434. The summed E-state index contributed by atoms with van der Waals surface area (Å²) in [6, 6.07) is 7.03. The number of anilines is 1. The van der Waals surface area contributed by atoms with Crippen LogP contribution in [-0.4, -0.2) is 34.7 Å². The molecule has 0 aliphatic heterocycles. The SMILES string of the molecule is Nc1cccc(/C=C/C(=O)NCC[C@H](O)C(=O)O)c1. The number of carbonyl (C=O) groups is 2. The number of hydrogen-bond donors (Lipinski definition) is 4. The predicted molar refractivity (Wildman–Crippen MR) is 71.2 cm³/mol. The lowest BCUT2D eigenvalue weighted by Gasteiger charge is -2.05. The van der Waals surface area contributed by atoms with Crippen molar-refractivity contribution in [2.45, 2.75) is 12.5 Å². The van der Waals surface area contributed by atoms with Crippen molar-refractivity contribution in [3.05, 3.63) is 35.9 Å². The number of aliphatic hydroxyl groups excluding tert-OH is 1. The first-order valence-corrected chi connectivity index (χ1v) is 5.71. The zero-order valence-electron chi connectivity index (χ0n) is 10.2. The van der Waals surface area contributed by atoms with Crippen LogP contribution in [0.2, 0.25) is 0 Å². The molecule has 1 amide bonds. The molecule has 0 aliphatic carbocycles. The summed E-state index contributed by atoms with van der Waals surface area (Å²) in [6.07, 6.45) is 1.42. The molecule has 0 radical (unpaired) electrons. The van der Waals surface area contributed by atoms with E-state index in [-0.39, 0.29) is 18.9 Å². The van der Waals surface area contributed by atoms with E-state index in [1.54, 1.807) is 30.3 Å². The average molecular weight is 264 g/mol. The van der Waals surface area contributed by atoms with Gasteiger partial charge in [-0.1, -0.05) is 12.1 Å². The second-order valence-corrected chi connectivity index (χ2v) is 3.94. The summed E-state index contributed by atoms with van der Waals surface area (Å²) in [4.78, 5) is 21.7. The Morgan fingerprint density at radius 2 is 2.16 bits per heavy atom. The van der Waals surface area contributed by atoms with E-state index >= 15 is 0 Å². The van der Waals surface area contributed by atoms with Gasteiger partial charge in [0.15, 0.2) is 6.10 Å². The summed E-state index contributed by atoms with van der Waals surface area (Å²) >= 11 is 0. The first-order valence-electron chi connectivity index (χ1n) is 5.71. The van der Waals surface area contributed by atoms with Crippen molar-refractivity contribution in [2.75, 3.05) is 12.3 Å². The number of aliphatic carboxylic acids is 1. The van der Waals surface area contributed by atoms with Crippen LogP contribution in [0.3, 0.4) is 0 Å². The van der Waals surface area contributed by atoms with E-state index in [4.69, 9.17) is 15.9 Å². The third-order valence-corrected chi connectivity index (χ3v) is 2.34. The number of nitrogens with one attached hydrogen (secondary N) is 1. The van der Waals surface area contributed by atoms with Crippen molar-refractivity contribution in [1.29, 1.82) is 0 Å². The Labute approximate surface area is 110 Å². The Bertz CT molecular complexity index is 485. The molecule has 0 aromatic heterocycles. The minimum atomic E-state index is -1.46. The highest BCUT2D eigenvalue weighted by Crippen LogP contribution is 2.07. The van der Waals surface area contributed by atoms with E-state index in [2.05, 4.69) is 5.32 Å². The Hall–Kier alpha value is -2.34. The molecule has 0 aliphatic rings. The fraction of sp³-hybridized carbons (Fsp3) is 0.231. The normalized spacial score (nSPS) is 12.3. The van der Waals surface area contributed by atoms with E-state index in [9.17, 15) is 9.59 Å². The van der Waals surface area contributed by atoms with Crippen LogP contribution in [0.5, 0.6) is 0 Å². The largest absolute Gasteiger partial charge is 0.479 e. The van der Waals surface area contributed by atoms with Crippen molar-refractivity contribution in [3.8, 4) is 0 Å². The number of nitrogen functional groups attached to an aromatic ring is 1. The lowest BCUT2D eigenvalue weighted by molar-refractivity contribution is -0.147. The molecule has 0 saturated heterocycles. The molecular formula is C13H16N2O4. The second-order valence-electron chi connectivity index (χ2n) is 3.94. The van der Waals surface area contributed by atoms with Crippen LogP contribution in [-0.2, 0) is 9.59 Å². The summed E-state index contributed by atoms with van der Waals surface area (Å²) in [6.45, 7) is 0.0908. The number of amides is 1. The number of hydrogen-bond acceptors (Lipinski definition) is 4. The zero-order chi connectivity index (χ0) is 14.3. The Kier molecular flexibility index (Phi) is 5.56. The molecule has 19 heavy (non-hydrogen) atoms. The third-order valence-electron chi connectivity index (χ3n) is 2.34. The fourth-order valence-electron chi connectivity index (χ4n) is 1.35. The highest BCUT2D eigenvalue weighted by atomic mass is 16.4. The number of carboxylic acids is 1. The first kappa shape index (κ1) is 14.7. The minimum absolute atomic E-state index is 0.0345. The third kappa shape index (κ3) is 5.69. The first-order chi connectivity index (χ1) is 8.99. The molecule has 0 unspecified atom stereocenters. The second kappa shape index (κ2) is 7.17. The van der Waals surface area contributed by atoms with E-state index < -0.39 is 12.1 Å². The van der Waals surface area contributed by atoms with Crippen molar-refractivity contribution < 1.29 is 19.8 Å². The van der Waals surface area contributed by atoms with Gasteiger partial charge in [0.05, 0.1) is 0 Å². The lowest BCUT2D eigenvalue weighted by atomic mass is 10.2. The van der Waals surface area contributed by atoms with Crippen LogP contribution in [0, 0.1) is 0 Å². The molecule has 1 atom stereocenters. The summed E-state index contributed by atoms with van der Waals surface area (Å²) in [5, 5.41) is 19.9. The van der Waals surface area contributed by atoms with Crippen LogP contribution in [0.4, 0.5) is 5.69 Å². The summed E-state index contributed by atoms with van der Waals surface area (Å²) in [7, 11) is 0. The summed E-state index contributed by atoms with van der Waals surface area (Å²) in [5.41, 5.74) is 6.99. The fourth-order valence-corrected chi connectivity index (χ4v) is 1.35. The van der Waals surface area contributed by atoms with Gasteiger partial charge in [-0.15, -0.1) is 0 Å². The highest BCUT2D eigenvalue weighted by Gasteiger charge is 2.12. The van der Waals surface area contributed by atoms with Gasteiger partial charge in [0.2, 0.25) is 5.91 Å². The monoisotopic (exact) mass is 264 g/mol. The van der Waals surface area contributed by atoms with E-state index in [0.717, 1.165) is 5.56 Å². The van der Waals surface area contributed by atoms with Gasteiger partial charge in [-0.2, -0.15) is 0 Å². The Morgan fingerprint density at radius 1 is 1.42 bits per heavy atom. The van der Waals surface area contributed by atoms with E-state index in [0.29, 0.717) is 5.69 Å². The topological polar surface area (TPSA) is 113 Å². The molecule has 6 heteroatoms. The van der Waals surface area contributed by atoms with Gasteiger partial charge in [0.25, 0.3) is 0 Å². The Balaban J connectivity index is 2.37. The molecular weight excluding hydrogens is 248 g/mol. The maximum Gasteiger partial charge on any atom is 0.332 e. The van der Waals surface area contributed by atoms with Crippen LogP contribution >= 0.6 is 0 Å². The molecule has 102 valence electrons. The van der Waals surface area contributed by atoms with Crippen molar-refractivity contribution in [2.24, 2.45) is 0 Å². The number of carbonyl (C=O) groups excluding carboxylic acids is 1. The number of carboxylic acid groups (broad SMARTS) is 1. The minimum Gasteiger partial charge on any atom is -0.479 e. The van der Waals surface area contributed by atoms with E-state index in [1.807, 2.05) is 0 Å². The van der Waals surface area contributed by atoms with Gasteiger partial charge in [-0.05, 0) is 23.8 Å². The Morgan fingerprint density at radius 3 is 2.79 bits per heavy atom. The molecule has 0 bridgehead atoms. The number of nitrogens with two attached hydrogens (primary N) is 1. The van der Waals surface area contributed by atoms with Crippen LogP contribution in [0.1, 0.15) is 12.0 Å².